The lowest BCUT2D eigenvalue weighted by Gasteiger charge is -2.15. The minimum Gasteiger partial charge on any atom is -0.494 e. The number of carbonyl (C=O) groups excluding carboxylic acids is 2. The van der Waals surface area contributed by atoms with E-state index in [9.17, 15) is 9.59 Å². The molecular formula is C38H50O5. The minimum absolute atomic E-state index is 0.180. The van der Waals surface area contributed by atoms with Crippen LogP contribution in [0.5, 0.6) is 11.5 Å². The van der Waals surface area contributed by atoms with Gasteiger partial charge in [-0.2, -0.15) is 0 Å². The van der Waals surface area contributed by atoms with E-state index in [0.29, 0.717) is 23.5 Å². The van der Waals surface area contributed by atoms with E-state index in [4.69, 9.17) is 14.2 Å². The zero-order valence-corrected chi connectivity index (χ0v) is 26.4. The van der Waals surface area contributed by atoms with Crippen molar-refractivity contribution >= 4 is 11.9 Å². The maximum atomic E-state index is 13.2. The largest absolute Gasteiger partial charge is 0.494 e. The second-order valence-corrected chi connectivity index (χ2v) is 11.4. The Balaban J connectivity index is 1.60. The Morgan fingerprint density at radius 2 is 1.26 bits per heavy atom. The molecule has 0 spiro atoms. The third kappa shape index (κ3) is 12.3. The molecule has 0 amide bonds. The predicted octanol–water partition coefficient (Wildman–Crippen LogP) is 10.6. The molecule has 0 aliphatic rings. The first-order valence-corrected chi connectivity index (χ1v) is 16.4. The van der Waals surface area contributed by atoms with Crippen molar-refractivity contribution in [2.75, 3.05) is 6.61 Å². The van der Waals surface area contributed by atoms with Crippen LogP contribution in [0.1, 0.15) is 125 Å². The maximum absolute atomic E-state index is 13.2. The Bertz CT molecular complexity index is 1220. The molecule has 0 aliphatic heterocycles. The van der Waals surface area contributed by atoms with Crippen molar-refractivity contribution in [3.63, 3.8) is 0 Å². The number of esters is 2. The summed E-state index contributed by atoms with van der Waals surface area (Å²) in [6.45, 7) is 7.01. The Labute approximate surface area is 259 Å². The number of carbonyl (C=O) groups is 2. The molecule has 3 aromatic rings. The van der Waals surface area contributed by atoms with Crippen LogP contribution in [-0.2, 0) is 4.74 Å². The maximum Gasteiger partial charge on any atom is 0.343 e. The lowest BCUT2D eigenvalue weighted by molar-refractivity contribution is 0.0318. The average molecular weight is 587 g/mol. The van der Waals surface area contributed by atoms with E-state index < -0.39 is 11.9 Å². The number of rotatable bonds is 20. The van der Waals surface area contributed by atoms with Crippen LogP contribution in [0.15, 0.2) is 72.8 Å². The van der Waals surface area contributed by atoms with Crippen molar-refractivity contribution in [1.29, 1.82) is 0 Å². The molecular weight excluding hydrogens is 536 g/mol. The van der Waals surface area contributed by atoms with Crippen LogP contribution in [0.2, 0.25) is 0 Å². The third-order valence-corrected chi connectivity index (χ3v) is 7.63. The second kappa shape index (κ2) is 19.6. The lowest BCUT2D eigenvalue weighted by atomic mass is 10.0. The van der Waals surface area contributed by atoms with Gasteiger partial charge in [-0.1, -0.05) is 108 Å². The van der Waals surface area contributed by atoms with Gasteiger partial charge in [-0.25, -0.2) is 9.59 Å². The number of hydrogen-bond acceptors (Lipinski definition) is 5. The molecule has 0 aromatic heterocycles. The molecule has 43 heavy (non-hydrogen) atoms. The van der Waals surface area contributed by atoms with E-state index in [-0.39, 0.29) is 6.10 Å². The third-order valence-electron chi connectivity index (χ3n) is 7.63. The van der Waals surface area contributed by atoms with Crippen LogP contribution < -0.4 is 9.47 Å². The molecule has 0 bridgehead atoms. The SMILES string of the molecule is CCCCCCCCCCOc1ccc(C(=O)Oc2cc(C(=O)OC(C)CCCCCC)ccc2-c2ccccc2)cc1. The first kappa shape index (κ1) is 33.9. The van der Waals surface area contributed by atoms with Crippen LogP contribution in [0.3, 0.4) is 0 Å². The minimum atomic E-state index is -0.499. The van der Waals surface area contributed by atoms with Gasteiger partial charge in [-0.3, -0.25) is 0 Å². The van der Waals surface area contributed by atoms with E-state index in [0.717, 1.165) is 42.6 Å². The van der Waals surface area contributed by atoms with Crippen molar-refractivity contribution in [1.82, 2.24) is 0 Å². The molecule has 0 aliphatic carbocycles. The fraction of sp³-hybridized carbons (Fsp3) is 0.474. The van der Waals surface area contributed by atoms with Crippen LogP contribution in [0, 0.1) is 0 Å². The highest BCUT2D eigenvalue weighted by molar-refractivity contribution is 5.94. The monoisotopic (exact) mass is 586 g/mol. The van der Waals surface area contributed by atoms with E-state index >= 15 is 0 Å². The normalized spacial score (nSPS) is 11.6. The summed E-state index contributed by atoms with van der Waals surface area (Å²) in [5.41, 5.74) is 2.38. The molecule has 0 radical (unpaired) electrons. The summed E-state index contributed by atoms with van der Waals surface area (Å²) >= 11 is 0. The molecule has 3 rings (SSSR count). The van der Waals surface area contributed by atoms with Gasteiger partial charge < -0.3 is 14.2 Å². The quantitative estimate of drug-likeness (QED) is 0.0748. The molecule has 0 saturated heterocycles. The summed E-state index contributed by atoms with van der Waals surface area (Å²) in [5.74, 6) is 0.133. The zero-order valence-electron chi connectivity index (χ0n) is 26.4. The topological polar surface area (TPSA) is 61.8 Å². The molecule has 0 heterocycles. The van der Waals surface area contributed by atoms with E-state index in [1.54, 1.807) is 36.4 Å². The molecule has 5 heteroatoms. The first-order chi connectivity index (χ1) is 21.0. The van der Waals surface area contributed by atoms with Gasteiger partial charge in [0.15, 0.2) is 0 Å². The standard InChI is InChI=1S/C38H50O5/c1-4-6-8-10-11-12-13-18-28-41-34-25-22-32(23-26-34)37(39)43-36-29-33(24-27-35(36)31-20-16-14-17-21-31)38(40)42-30(3)19-15-9-7-5-2/h14,16-17,20-27,29-30H,4-13,15,18-19,28H2,1-3H3. The fourth-order valence-corrected chi connectivity index (χ4v) is 5.03. The Morgan fingerprint density at radius 1 is 0.651 bits per heavy atom. The van der Waals surface area contributed by atoms with Crippen LogP contribution in [0.25, 0.3) is 11.1 Å². The van der Waals surface area contributed by atoms with E-state index in [2.05, 4.69) is 13.8 Å². The highest BCUT2D eigenvalue weighted by Crippen LogP contribution is 2.32. The van der Waals surface area contributed by atoms with Gasteiger partial charge in [0, 0.05) is 5.56 Å². The number of ether oxygens (including phenoxy) is 3. The van der Waals surface area contributed by atoms with Crippen LogP contribution in [-0.4, -0.2) is 24.6 Å². The zero-order chi connectivity index (χ0) is 30.7. The highest BCUT2D eigenvalue weighted by atomic mass is 16.5. The van der Waals surface area contributed by atoms with Crippen LogP contribution in [0.4, 0.5) is 0 Å². The summed E-state index contributed by atoms with van der Waals surface area (Å²) in [6.07, 6.45) is 15.2. The summed E-state index contributed by atoms with van der Waals surface area (Å²) in [5, 5.41) is 0. The van der Waals surface area contributed by atoms with Crippen molar-refractivity contribution in [3.05, 3.63) is 83.9 Å². The van der Waals surface area contributed by atoms with Gasteiger partial charge in [0.25, 0.3) is 0 Å². The fourth-order valence-electron chi connectivity index (χ4n) is 5.03. The molecule has 0 N–H and O–H groups in total. The van der Waals surface area contributed by atoms with Crippen molar-refractivity contribution < 1.29 is 23.8 Å². The Morgan fingerprint density at radius 3 is 1.93 bits per heavy atom. The van der Waals surface area contributed by atoms with Crippen molar-refractivity contribution in [2.24, 2.45) is 0 Å². The molecule has 1 unspecified atom stereocenters. The van der Waals surface area contributed by atoms with Gasteiger partial charge in [0.2, 0.25) is 0 Å². The average Bonchev–Trinajstić information content (AvgIpc) is 3.03. The Hall–Kier alpha value is -3.60. The van der Waals surface area contributed by atoms with Crippen LogP contribution >= 0.6 is 0 Å². The first-order valence-electron chi connectivity index (χ1n) is 16.4. The molecule has 0 saturated carbocycles. The Kier molecular flexibility index (Phi) is 15.4. The van der Waals surface area contributed by atoms with E-state index in [1.165, 1.54) is 57.8 Å². The summed E-state index contributed by atoms with van der Waals surface area (Å²) in [6, 6.07) is 21.8. The smallest absolute Gasteiger partial charge is 0.343 e. The lowest BCUT2D eigenvalue weighted by Crippen LogP contribution is -2.15. The van der Waals surface area contributed by atoms with Crippen molar-refractivity contribution in [3.8, 4) is 22.6 Å². The molecule has 5 nitrogen and oxygen atoms in total. The summed E-state index contributed by atoms with van der Waals surface area (Å²) in [4.78, 5) is 26.1. The second-order valence-electron chi connectivity index (χ2n) is 11.4. The highest BCUT2D eigenvalue weighted by Gasteiger charge is 2.18. The van der Waals surface area contributed by atoms with Crippen molar-refractivity contribution in [2.45, 2.75) is 110 Å². The van der Waals surface area contributed by atoms with Gasteiger partial charge in [0.05, 0.1) is 23.8 Å². The summed E-state index contributed by atoms with van der Waals surface area (Å²) < 4.78 is 17.5. The molecule has 232 valence electrons. The predicted molar refractivity (Wildman–Crippen MR) is 175 cm³/mol. The number of unbranched alkanes of at least 4 members (excludes halogenated alkanes) is 10. The van der Waals surface area contributed by atoms with Gasteiger partial charge in [-0.05, 0) is 74.2 Å². The number of hydrogen-bond donors (Lipinski definition) is 0. The van der Waals surface area contributed by atoms with E-state index in [1.807, 2.05) is 43.3 Å². The molecule has 1 atom stereocenters. The molecule has 0 fully saturated rings. The number of benzene rings is 3. The summed E-state index contributed by atoms with van der Waals surface area (Å²) in [7, 11) is 0. The molecule has 3 aromatic carbocycles. The van der Waals surface area contributed by atoms with Gasteiger partial charge >= 0.3 is 11.9 Å². The van der Waals surface area contributed by atoms with Gasteiger partial charge in [-0.15, -0.1) is 0 Å². The van der Waals surface area contributed by atoms with Gasteiger partial charge in [0.1, 0.15) is 11.5 Å².